The van der Waals surface area contributed by atoms with Crippen molar-refractivity contribution in [2.24, 2.45) is 0 Å². The van der Waals surface area contributed by atoms with Crippen LogP contribution in [0.5, 0.6) is 0 Å². The summed E-state index contributed by atoms with van der Waals surface area (Å²) >= 11 is 17.0. The summed E-state index contributed by atoms with van der Waals surface area (Å²) in [5.41, 5.74) is 8.45. The molecule has 0 aliphatic carbocycles. The van der Waals surface area contributed by atoms with Gasteiger partial charge in [0.05, 0.1) is 10.6 Å². The molecule has 0 aliphatic heterocycles. The summed E-state index contributed by atoms with van der Waals surface area (Å²) in [6.45, 7) is 4.00. The molecule has 0 saturated carbocycles. The molecule has 7 heteroatoms. The minimum atomic E-state index is -0.429. The summed E-state index contributed by atoms with van der Waals surface area (Å²) < 4.78 is 0. The molecular formula is C16H15Cl2N3OS. The Morgan fingerprint density at radius 1 is 1.00 bits per heavy atom. The van der Waals surface area contributed by atoms with Gasteiger partial charge in [-0.2, -0.15) is 0 Å². The van der Waals surface area contributed by atoms with Crippen molar-refractivity contribution in [2.45, 2.75) is 13.8 Å². The molecule has 0 unspecified atom stereocenters. The van der Waals surface area contributed by atoms with Crippen molar-refractivity contribution >= 4 is 52.1 Å². The predicted molar refractivity (Wildman–Crippen MR) is 99.2 cm³/mol. The first-order chi connectivity index (χ1) is 10.8. The van der Waals surface area contributed by atoms with Gasteiger partial charge < -0.3 is 5.32 Å². The van der Waals surface area contributed by atoms with Crippen molar-refractivity contribution in [3.8, 4) is 0 Å². The maximum absolute atomic E-state index is 12.1. The molecule has 0 fully saturated rings. The Bertz CT molecular complexity index is 745. The number of nitrogens with one attached hydrogen (secondary N) is 3. The van der Waals surface area contributed by atoms with E-state index in [0.29, 0.717) is 10.0 Å². The lowest BCUT2D eigenvalue weighted by Gasteiger charge is -2.13. The van der Waals surface area contributed by atoms with Gasteiger partial charge in [-0.15, -0.1) is 0 Å². The third kappa shape index (κ3) is 5.10. The van der Waals surface area contributed by atoms with Gasteiger partial charge in [0.25, 0.3) is 5.91 Å². The summed E-state index contributed by atoms with van der Waals surface area (Å²) in [5.74, 6) is -0.429. The number of carbonyl (C=O) groups excluding carboxylic acids is 1. The van der Waals surface area contributed by atoms with Gasteiger partial charge in [0.1, 0.15) is 0 Å². The third-order valence-electron chi connectivity index (χ3n) is 2.94. The fourth-order valence-corrected chi connectivity index (χ4v) is 2.61. The molecule has 2 aromatic rings. The van der Waals surface area contributed by atoms with Gasteiger partial charge in [0.15, 0.2) is 5.11 Å². The van der Waals surface area contributed by atoms with Crippen LogP contribution >= 0.6 is 35.4 Å². The Balaban J connectivity index is 1.96. The lowest BCUT2D eigenvalue weighted by Crippen LogP contribution is -2.43. The zero-order chi connectivity index (χ0) is 17.0. The first kappa shape index (κ1) is 17.5. The van der Waals surface area contributed by atoms with Crippen molar-refractivity contribution < 1.29 is 4.79 Å². The van der Waals surface area contributed by atoms with Crippen molar-refractivity contribution in [3.63, 3.8) is 0 Å². The van der Waals surface area contributed by atoms with Crippen LogP contribution in [-0.2, 0) is 0 Å². The first-order valence-electron chi connectivity index (χ1n) is 6.76. The molecule has 0 aromatic heterocycles. The van der Waals surface area contributed by atoms with Crippen molar-refractivity contribution in [1.29, 1.82) is 0 Å². The van der Waals surface area contributed by atoms with Crippen LogP contribution in [0.4, 0.5) is 5.69 Å². The Kier molecular flexibility index (Phi) is 5.82. The number of halogens is 2. The average molecular weight is 368 g/mol. The zero-order valence-electron chi connectivity index (χ0n) is 12.5. The quantitative estimate of drug-likeness (QED) is 0.548. The fourth-order valence-electron chi connectivity index (χ4n) is 2.06. The molecule has 23 heavy (non-hydrogen) atoms. The molecule has 0 radical (unpaired) electrons. The summed E-state index contributed by atoms with van der Waals surface area (Å²) in [7, 11) is 0. The summed E-state index contributed by atoms with van der Waals surface area (Å²) in [4.78, 5) is 12.1. The molecule has 0 bridgehead atoms. The van der Waals surface area contributed by atoms with E-state index < -0.39 is 5.91 Å². The maximum Gasteiger partial charge on any atom is 0.271 e. The Hall–Kier alpha value is -1.82. The van der Waals surface area contributed by atoms with Crippen molar-refractivity contribution in [3.05, 3.63) is 63.1 Å². The highest BCUT2D eigenvalue weighted by Gasteiger charge is 2.11. The van der Waals surface area contributed by atoms with Crippen LogP contribution in [0.3, 0.4) is 0 Å². The van der Waals surface area contributed by atoms with E-state index in [4.69, 9.17) is 35.4 Å². The molecular weight excluding hydrogens is 353 g/mol. The lowest BCUT2D eigenvalue weighted by molar-refractivity contribution is 0.0944. The largest absolute Gasteiger partial charge is 0.331 e. The number of amides is 1. The number of hydrogen-bond donors (Lipinski definition) is 3. The second-order valence-corrected chi connectivity index (χ2v) is 6.29. The van der Waals surface area contributed by atoms with Crippen LogP contribution in [-0.4, -0.2) is 11.0 Å². The zero-order valence-corrected chi connectivity index (χ0v) is 14.9. The number of rotatable bonds is 2. The van der Waals surface area contributed by atoms with Gasteiger partial charge in [0, 0.05) is 10.7 Å². The smallest absolute Gasteiger partial charge is 0.271 e. The summed E-state index contributed by atoms with van der Waals surface area (Å²) in [6.07, 6.45) is 0. The van der Waals surface area contributed by atoms with Crippen molar-refractivity contribution in [2.75, 3.05) is 5.32 Å². The average Bonchev–Trinajstić information content (AvgIpc) is 2.46. The minimum Gasteiger partial charge on any atom is -0.331 e. The number of aryl methyl sites for hydroxylation is 2. The fraction of sp³-hybridized carbons (Fsp3) is 0.125. The molecule has 0 spiro atoms. The van der Waals surface area contributed by atoms with E-state index in [0.717, 1.165) is 16.8 Å². The molecule has 0 aliphatic rings. The number of hydrogen-bond acceptors (Lipinski definition) is 2. The maximum atomic E-state index is 12.1. The van der Waals surface area contributed by atoms with E-state index in [1.54, 1.807) is 12.1 Å². The van der Waals surface area contributed by atoms with Crippen LogP contribution in [0.2, 0.25) is 10.0 Å². The third-order valence-corrected chi connectivity index (χ3v) is 3.71. The van der Waals surface area contributed by atoms with Gasteiger partial charge in [0.2, 0.25) is 0 Å². The standard InChI is InChI=1S/C16H15Cl2N3OS/c1-9-5-10(2)7-12(6-9)19-16(23)21-20-15(22)13-8-11(17)3-4-14(13)18/h3-8H,1-2H3,(H,20,22)(H2,19,21,23). The molecule has 4 nitrogen and oxygen atoms in total. The number of anilines is 1. The lowest BCUT2D eigenvalue weighted by atomic mass is 10.1. The number of hydrazine groups is 1. The summed E-state index contributed by atoms with van der Waals surface area (Å²) in [5, 5.41) is 4.00. The minimum absolute atomic E-state index is 0.265. The Morgan fingerprint density at radius 2 is 1.65 bits per heavy atom. The van der Waals surface area contributed by atoms with E-state index in [1.165, 1.54) is 6.07 Å². The highest BCUT2D eigenvalue weighted by Crippen LogP contribution is 2.20. The Morgan fingerprint density at radius 3 is 2.30 bits per heavy atom. The normalized spacial score (nSPS) is 10.1. The molecule has 2 rings (SSSR count). The number of carbonyl (C=O) groups is 1. The highest BCUT2D eigenvalue weighted by molar-refractivity contribution is 7.80. The van der Waals surface area contributed by atoms with Crippen LogP contribution in [0, 0.1) is 13.8 Å². The monoisotopic (exact) mass is 367 g/mol. The van der Waals surface area contributed by atoms with Crippen LogP contribution in [0.25, 0.3) is 0 Å². The van der Waals surface area contributed by atoms with Gasteiger partial charge in [-0.1, -0.05) is 29.3 Å². The van der Waals surface area contributed by atoms with E-state index >= 15 is 0 Å². The van der Waals surface area contributed by atoms with E-state index in [9.17, 15) is 4.79 Å². The summed E-state index contributed by atoms with van der Waals surface area (Å²) in [6, 6.07) is 10.6. The van der Waals surface area contributed by atoms with E-state index in [2.05, 4.69) is 22.2 Å². The van der Waals surface area contributed by atoms with Crippen LogP contribution < -0.4 is 16.2 Å². The molecule has 3 N–H and O–H groups in total. The molecule has 2 aromatic carbocycles. The molecule has 0 saturated heterocycles. The van der Waals surface area contributed by atoms with Gasteiger partial charge in [-0.05, 0) is 67.5 Å². The van der Waals surface area contributed by atoms with E-state index in [1.807, 2.05) is 26.0 Å². The van der Waals surface area contributed by atoms with Gasteiger partial charge in [-0.25, -0.2) is 0 Å². The molecule has 120 valence electrons. The number of thiocarbonyl (C=S) groups is 1. The molecule has 0 heterocycles. The van der Waals surface area contributed by atoms with Crippen LogP contribution in [0.15, 0.2) is 36.4 Å². The highest BCUT2D eigenvalue weighted by atomic mass is 35.5. The SMILES string of the molecule is Cc1cc(C)cc(NC(=S)NNC(=O)c2cc(Cl)ccc2Cl)c1. The number of benzene rings is 2. The topological polar surface area (TPSA) is 53.2 Å². The van der Waals surface area contributed by atoms with Crippen molar-refractivity contribution in [1.82, 2.24) is 10.9 Å². The second-order valence-electron chi connectivity index (χ2n) is 5.03. The Labute approximate surface area is 150 Å². The molecule has 1 amide bonds. The van der Waals surface area contributed by atoms with E-state index in [-0.39, 0.29) is 10.7 Å². The van der Waals surface area contributed by atoms with Crippen LogP contribution in [0.1, 0.15) is 21.5 Å². The predicted octanol–water partition coefficient (Wildman–Crippen LogP) is 4.24. The second kappa shape index (κ2) is 7.64. The first-order valence-corrected chi connectivity index (χ1v) is 7.92. The van der Waals surface area contributed by atoms with Gasteiger partial charge in [-0.3, -0.25) is 15.6 Å². The van der Waals surface area contributed by atoms with Gasteiger partial charge >= 0.3 is 0 Å². The molecule has 0 atom stereocenters.